The molecule has 3 N–H and O–H groups in total. The van der Waals surface area contributed by atoms with Crippen LogP contribution in [-0.2, 0) is 5.75 Å². The molecule has 0 aliphatic rings. The van der Waals surface area contributed by atoms with E-state index in [0.717, 1.165) is 23.7 Å². The van der Waals surface area contributed by atoms with Gasteiger partial charge in [-0.1, -0.05) is 0 Å². The van der Waals surface area contributed by atoms with E-state index in [9.17, 15) is 0 Å². The first-order chi connectivity index (χ1) is 5.34. The van der Waals surface area contributed by atoms with Crippen molar-refractivity contribution in [2.45, 2.75) is 12.7 Å². The van der Waals surface area contributed by atoms with Crippen molar-refractivity contribution in [3.8, 4) is 0 Å². The minimum absolute atomic E-state index is 0. The van der Waals surface area contributed by atoms with Crippen LogP contribution in [0.25, 0.3) is 0 Å². The molecular formula is C7H14ClN3S. The third-order valence-electron chi connectivity index (χ3n) is 1.44. The predicted molar refractivity (Wildman–Crippen MR) is 55.8 cm³/mol. The Morgan fingerprint density at radius 3 is 2.92 bits per heavy atom. The van der Waals surface area contributed by atoms with Crippen molar-refractivity contribution in [2.75, 3.05) is 12.3 Å². The lowest BCUT2D eigenvalue weighted by atomic mass is 10.4. The molecule has 70 valence electrons. The Morgan fingerprint density at radius 2 is 2.42 bits per heavy atom. The molecule has 1 aromatic heterocycles. The second kappa shape index (κ2) is 6.34. The van der Waals surface area contributed by atoms with Gasteiger partial charge >= 0.3 is 0 Å². The molecule has 0 aliphatic heterocycles. The molecule has 0 saturated heterocycles. The summed E-state index contributed by atoms with van der Waals surface area (Å²) >= 11 is 1.83. The fraction of sp³-hybridized carbons (Fsp3) is 0.571. The van der Waals surface area contributed by atoms with Crippen LogP contribution < -0.4 is 5.73 Å². The van der Waals surface area contributed by atoms with Crippen LogP contribution in [0.3, 0.4) is 0 Å². The van der Waals surface area contributed by atoms with E-state index in [2.05, 4.69) is 9.97 Å². The van der Waals surface area contributed by atoms with Crippen molar-refractivity contribution in [3.05, 3.63) is 17.7 Å². The van der Waals surface area contributed by atoms with Crippen LogP contribution >= 0.6 is 24.2 Å². The van der Waals surface area contributed by atoms with Crippen LogP contribution in [0.15, 0.2) is 6.33 Å². The lowest BCUT2D eigenvalue weighted by Crippen LogP contribution is -2.01. The molecule has 0 fully saturated rings. The first-order valence-corrected chi connectivity index (χ1v) is 4.76. The number of aromatic nitrogens is 2. The zero-order valence-corrected chi connectivity index (χ0v) is 8.67. The van der Waals surface area contributed by atoms with Crippen molar-refractivity contribution in [3.63, 3.8) is 0 Å². The maximum atomic E-state index is 5.36. The summed E-state index contributed by atoms with van der Waals surface area (Å²) in [5, 5.41) is 0. The average molecular weight is 208 g/mol. The lowest BCUT2D eigenvalue weighted by molar-refractivity contribution is 1.14. The molecule has 0 atom stereocenters. The van der Waals surface area contributed by atoms with Crippen LogP contribution in [0.1, 0.15) is 11.4 Å². The first kappa shape index (κ1) is 11.8. The van der Waals surface area contributed by atoms with Gasteiger partial charge in [0.15, 0.2) is 0 Å². The van der Waals surface area contributed by atoms with E-state index in [4.69, 9.17) is 5.73 Å². The van der Waals surface area contributed by atoms with Crippen LogP contribution in [-0.4, -0.2) is 22.3 Å². The number of hydrogen-bond acceptors (Lipinski definition) is 3. The molecule has 0 aromatic carbocycles. The molecule has 0 unspecified atom stereocenters. The summed E-state index contributed by atoms with van der Waals surface area (Å²) in [5.41, 5.74) is 7.66. The minimum Gasteiger partial charge on any atom is -0.348 e. The summed E-state index contributed by atoms with van der Waals surface area (Å²) in [5.74, 6) is 2.00. The maximum Gasteiger partial charge on any atom is 0.0925 e. The number of nitrogens with one attached hydrogen (secondary N) is 1. The van der Waals surface area contributed by atoms with Crippen molar-refractivity contribution in [1.82, 2.24) is 9.97 Å². The highest BCUT2D eigenvalue weighted by atomic mass is 35.5. The first-order valence-electron chi connectivity index (χ1n) is 3.61. The lowest BCUT2D eigenvalue weighted by Gasteiger charge is -1.97. The van der Waals surface area contributed by atoms with Gasteiger partial charge in [-0.05, 0) is 6.92 Å². The standard InChI is InChI=1S/C7H13N3S.ClH/c1-6-7(10-5-9-6)4-11-3-2-8;/h5H,2-4,8H2,1H3,(H,9,10);1H. The molecule has 0 radical (unpaired) electrons. The number of aromatic amines is 1. The molecule has 1 heterocycles. The van der Waals surface area contributed by atoms with Gasteiger partial charge in [0.2, 0.25) is 0 Å². The quantitative estimate of drug-likeness (QED) is 0.733. The topological polar surface area (TPSA) is 54.7 Å². The van der Waals surface area contributed by atoms with E-state index in [1.165, 1.54) is 5.69 Å². The molecule has 0 bridgehead atoms. The van der Waals surface area contributed by atoms with E-state index < -0.39 is 0 Å². The summed E-state index contributed by atoms with van der Waals surface area (Å²) in [6.45, 7) is 2.76. The van der Waals surface area contributed by atoms with Crippen molar-refractivity contribution in [2.24, 2.45) is 5.73 Å². The van der Waals surface area contributed by atoms with Gasteiger partial charge < -0.3 is 10.7 Å². The summed E-state index contributed by atoms with van der Waals surface area (Å²) in [6, 6.07) is 0. The number of imidazole rings is 1. The van der Waals surface area contributed by atoms with Gasteiger partial charge in [-0.3, -0.25) is 0 Å². The Balaban J connectivity index is 0.00000121. The summed E-state index contributed by atoms with van der Waals surface area (Å²) < 4.78 is 0. The summed E-state index contributed by atoms with van der Waals surface area (Å²) in [7, 11) is 0. The summed E-state index contributed by atoms with van der Waals surface area (Å²) in [6.07, 6.45) is 1.73. The van der Waals surface area contributed by atoms with Crippen molar-refractivity contribution in [1.29, 1.82) is 0 Å². The Labute approximate surface area is 82.9 Å². The van der Waals surface area contributed by atoms with E-state index in [1.54, 1.807) is 6.33 Å². The highest BCUT2D eigenvalue weighted by Crippen LogP contribution is 2.10. The normalized spacial score (nSPS) is 9.50. The fourth-order valence-electron chi connectivity index (χ4n) is 0.793. The Kier molecular flexibility index (Phi) is 6.24. The molecule has 1 aromatic rings. The van der Waals surface area contributed by atoms with E-state index in [0.29, 0.717) is 0 Å². The van der Waals surface area contributed by atoms with Crippen LogP contribution in [0.5, 0.6) is 0 Å². The third kappa shape index (κ3) is 3.47. The number of hydrogen-bond donors (Lipinski definition) is 2. The average Bonchev–Trinajstić information content (AvgIpc) is 2.37. The number of rotatable bonds is 4. The molecule has 0 amide bonds. The molecule has 5 heteroatoms. The Hall–Kier alpha value is -0.190. The zero-order chi connectivity index (χ0) is 8.10. The maximum absolute atomic E-state index is 5.36. The zero-order valence-electron chi connectivity index (χ0n) is 7.04. The monoisotopic (exact) mass is 207 g/mol. The molecule has 0 aliphatic carbocycles. The molecule has 1 rings (SSSR count). The van der Waals surface area contributed by atoms with Gasteiger partial charge in [-0.15, -0.1) is 12.4 Å². The molecular weight excluding hydrogens is 194 g/mol. The molecule has 3 nitrogen and oxygen atoms in total. The largest absolute Gasteiger partial charge is 0.348 e. The third-order valence-corrected chi connectivity index (χ3v) is 2.46. The van der Waals surface area contributed by atoms with Crippen LogP contribution in [0.4, 0.5) is 0 Å². The van der Waals surface area contributed by atoms with E-state index in [-0.39, 0.29) is 12.4 Å². The highest BCUT2D eigenvalue weighted by Gasteiger charge is 1.98. The molecule has 0 spiro atoms. The van der Waals surface area contributed by atoms with E-state index in [1.807, 2.05) is 18.7 Å². The smallest absolute Gasteiger partial charge is 0.0925 e. The van der Waals surface area contributed by atoms with Gasteiger partial charge in [0.25, 0.3) is 0 Å². The predicted octanol–water partition coefficient (Wildman–Crippen LogP) is 1.33. The van der Waals surface area contributed by atoms with E-state index >= 15 is 0 Å². The van der Waals surface area contributed by atoms with Gasteiger partial charge in [0.05, 0.1) is 12.0 Å². The second-order valence-corrected chi connectivity index (χ2v) is 3.41. The minimum atomic E-state index is 0. The number of thioether (sulfide) groups is 1. The van der Waals surface area contributed by atoms with Gasteiger partial charge in [0, 0.05) is 23.7 Å². The molecule has 12 heavy (non-hydrogen) atoms. The van der Waals surface area contributed by atoms with Crippen molar-refractivity contribution < 1.29 is 0 Å². The number of nitrogens with zero attached hydrogens (tertiary/aromatic N) is 1. The highest BCUT2D eigenvalue weighted by molar-refractivity contribution is 7.98. The Bertz CT molecular complexity index is 214. The Morgan fingerprint density at radius 1 is 1.67 bits per heavy atom. The van der Waals surface area contributed by atoms with Gasteiger partial charge in [-0.2, -0.15) is 11.8 Å². The second-order valence-electron chi connectivity index (χ2n) is 2.31. The number of halogens is 1. The van der Waals surface area contributed by atoms with Crippen LogP contribution in [0.2, 0.25) is 0 Å². The summed E-state index contributed by atoms with van der Waals surface area (Å²) in [4.78, 5) is 7.19. The number of aryl methyl sites for hydroxylation is 1. The van der Waals surface area contributed by atoms with Crippen molar-refractivity contribution >= 4 is 24.2 Å². The van der Waals surface area contributed by atoms with Gasteiger partial charge in [-0.25, -0.2) is 4.98 Å². The van der Waals surface area contributed by atoms with Crippen LogP contribution in [0, 0.1) is 6.92 Å². The SMILES string of the molecule is Cc1nc[nH]c1CSCCN.Cl. The van der Waals surface area contributed by atoms with Gasteiger partial charge in [0.1, 0.15) is 0 Å². The number of nitrogens with two attached hydrogens (primary N) is 1. The molecule has 0 saturated carbocycles. The number of H-pyrrole nitrogens is 1. The fourth-order valence-corrected chi connectivity index (χ4v) is 1.60.